The molecular weight excluding hydrogens is 592 g/mol. The molecular formula is C40H72O7. The van der Waals surface area contributed by atoms with E-state index < -0.39 is 5.41 Å². The molecule has 0 saturated carbocycles. The number of hydrogen-bond acceptors (Lipinski definition) is 7. The predicted octanol–water partition coefficient (Wildman–Crippen LogP) is 8.67. The monoisotopic (exact) mass is 665 g/mol. The first-order chi connectivity index (χ1) is 21.4. The Morgan fingerprint density at radius 1 is 0.830 bits per heavy atom. The molecule has 0 amide bonds. The van der Waals surface area contributed by atoms with Crippen LogP contribution in [0.25, 0.3) is 0 Å². The minimum atomic E-state index is -0.453. The van der Waals surface area contributed by atoms with Crippen LogP contribution in [-0.4, -0.2) is 71.1 Å². The Hall–Kier alpha value is -1.77. The van der Waals surface area contributed by atoms with Crippen molar-refractivity contribution in [3.63, 3.8) is 0 Å². The maximum absolute atomic E-state index is 11.7. The summed E-state index contributed by atoms with van der Waals surface area (Å²) in [5, 5.41) is 29.1. The number of hydrogen-bond donors (Lipinski definition) is 3. The molecule has 2 heterocycles. The predicted molar refractivity (Wildman–Crippen MR) is 195 cm³/mol. The van der Waals surface area contributed by atoms with Gasteiger partial charge < -0.3 is 29.5 Å². The highest BCUT2D eigenvalue weighted by molar-refractivity contribution is 5.75. The second-order valence-corrected chi connectivity index (χ2v) is 15.0. The lowest BCUT2D eigenvalue weighted by Gasteiger charge is -2.19. The first kappa shape index (κ1) is 45.2. The van der Waals surface area contributed by atoms with Crippen LogP contribution in [-0.2, 0) is 19.0 Å². The molecule has 0 aromatic carbocycles. The van der Waals surface area contributed by atoms with Crippen molar-refractivity contribution in [3.05, 3.63) is 48.6 Å². The smallest absolute Gasteiger partial charge is 0.311 e. The fourth-order valence-corrected chi connectivity index (χ4v) is 5.64. The van der Waals surface area contributed by atoms with Gasteiger partial charge in [-0.15, -0.1) is 0 Å². The first-order valence-corrected chi connectivity index (χ1v) is 17.6. The Balaban J connectivity index is 0.000000910. The summed E-state index contributed by atoms with van der Waals surface area (Å²) in [5.74, 6) is 0.529. The van der Waals surface area contributed by atoms with Crippen molar-refractivity contribution in [3.8, 4) is 0 Å². The molecule has 47 heavy (non-hydrogen) atoms. The molecule has 0 aromatic rings. The normalized spacial score (nSPS) is 23.6. The summed E-state index contributed by atoms with van der Waals surface area (Å²) in [5.41, 5.74) is 4.02. The molecule has 2 saturated heterocycles. The second kappa shape index (κ2) is 22.8. The number of esters is 1. The largest absolute Gasteiger partial charge is 0.465 e. The minimum absolute atomic E-state index is 0. The Morgan fingerprint density at radius 3 is 1.60 bits per heavy atom. The van der Waals surface area contributed by atoms with Gasteiger partial charge in [0.1, 0.15) is 0 Å². The molecule has 2 rings (SSSR count). The van der Waals surface area contributed by atoms with Gasteiger partial charge in [0.05, 0.1) is 48.6 Å². The Kier molecular flexibility index (Phi) is 21.9. The maximum Gasteiger partial charge on any atom is 0.311 e. The van der Waals surface area contributed by atoms with Gasteiger partial charge in [0.25, 0.3) is 0 Å². The maximum atomic E-state index is 11.7. The van der Waals surface area contributed by atoms with Gasteiger partial charge in [0.2, 0.25) is 0 Å². The molecule has 7 heteroatoms. The number of ether oxygens (including phenoxy) is 3. The fourth-order valence-electron chi connectivity index (χ4n) is 5.64. The Labute approximate surface area is 288 Å². The van der Waals surface area contributed by atoms with Crippen molar-refractivity contribution in [2.24, 2.45) is 17.3 Å². The van der Waals surface area contributed by atoms with Gasteiger partial charge in [-0.2, -0.15) is 0 Å². The van der Waals surface area contributed by atoms with Crippen LogP contribution in [0.3, 0.4) is 0 Å². The summed E-state index contributed by atoms with van der Waals surface area (Å²) in [6.07, 6.45) is 9.53. The SMILES string of the molecule is C.C=C(C)[C@H](C)C[C@H](O)CC[C@@H]1O[C@@H](CCCO)CC1=C.C=C(C)[C@H](C)C[C@H](O)CC[C@@H]1O[C@@H](CCCOC(=O)C(C)(C)C)CC1=C. The lowest BCUT2D eigenvalue weighted by molar-refractivity contribution is -0.153. The molecule has 0 aliphatic carbocycles. The molecule has 2 aliphatic heterocycles. The molecule has 0 spiro atoms. The molecule has 8 atom stereocenters. The summed E-state index contributed by atoms with van der Waals surface area (Å²) in [7, 11) is 0. The Morgan fingerprint density at radius 2 is 1.23 bits per heavy atom. The average Bonchev–Trinajstić information content (AvgIpc) is 3.51. The van der Waals surface area contributed by atoms with Crippen molar-refractivity contribution in [2.75, 3.05) is 13.2 Å². The van der Waals surface area contributed by atoms with Crippen molar-refractivity contribution in [1.29, 1.82) is 0 Å². The third-order valence-corrected chi connectivity index (χ3v) is 9.26. The quantitative estimate of drug-likeness (QED) is 0.0721. The second-order valence-electron chi connectivity index (χ2n) is 15.0. The molecule has 2 aliphatic rings. The van der Waals surface area contributed by atoms with Crippen molar-refractivity contribution < 1.29 is 34.3 Å². The molecule has 0 radical (unpaired) electrons. The summed E-state index contributed by atoms with van der Waals surface area (Å²) in [6.45, 7) is 30.5. The van der Waals surface area contributed by atoms with Gasteiger partial charge >= 0.3 is 5.97 Å². The van der Waals surface area contributed by atoms with Gasteiger partial charge in [-0.05, 0) is 135 Å². The number of allylic oxidation sites excluding steroid dienone is 2. The molecule has 7 nitrogen and oxygen atoms in total. The van der Waals surface area contributed by atoms with Crippen LogP contribution in [0.4, 0.5) is 0 Å². The van der Waals surface area contributed by atoms with Crippen LogP contribution < -0.4 is 0 Å². The van der Waals surface area contributed by atoms with E-state index in [1.807, 2.05) is 34.6 Å². The first-order valence-electron chi connectivity index (χ1n) is 17.6. The zero-order valence-corrected chi connectivity index (χ0v) is 30.3. The molecule has 3 N–H and O–H groups in total. The molecule has 2 fully saturated rings. The van der Waals surface area contributed by atoms with E-state index in [0.717, 1.165) is 99.3 Å². The van der Waals surface area contributed by atoms with E-state index in [0.29, 0.717) is 18.4 Å². The topological polar surface area (TPSA) is 105 Å². The number of rotatable bonds is 19. The van der Waals surface area contributed by atoms with Gasteiger partial charge in [-0.25, -0.2) is 0 Å². The summed E-state index contributed by atoms with van der Waals surface area (Å²) < 4.78 is 17.3. The van der Waals surface area contributed by atoms with Crippen LogP contribution in [0.5, 0.6) is 0 Å². The highest BCUT2D eigenvalue weighted by atomic mass is 16.5. The van der Waals surface area contributed by atoms with E-state index in [-0.39, 0.29) is 56.6 Å². The zero-order chi connectivity index (χ0) is 35.0. The van der Waals surface area contributed by atoms with E-state index in [9.17, 15) is 15.0 Å². The summed E-state index contributed by atoms with van der Waals surface area (Å²) in [4.78, 5) is 11.7. The lowest BCUT2D eigenvalue weighted by Crippen LogP contribution is -2.23. The van der Waals surface area contributed by atoms with E-state index in [4.69, 9.17) is 19.3 Å². The molecule has 274 valence electrons. The number of aliphatic hydroxyl groups is 3. The van der Waals surface area contributed by atoms with E-state index in [1.165, 1.54) is 0 Å². The van der Waals surface area contributed by atoms with Crippen molar-refractivity contribution in [2.45, 2.75) is 170 Å². The number of carbonyl (C=O) groups is 1. The van der Waals surface area contributed by atoms with E-state index in [1.54, 1.807) is 0 Å². The third kappa shape index (κ3) is 18.5. The number of carbonyl (C=O) groups excluding carboxylic acids is 1. The van der Waals surface area contributed by atoms with E-state index >= 15 is 0 Å². The van der Waals surface area contributed by atoms with Crippen molar-refractivity contribution in [1.82, 2.24) is 0 Å². The summed E-state index contributed by atoms with van der Waals surface area (Å²) >= 11 is 0. The lowest BCUT2D eigenvalue weighted by atomic mass is 9.93. The minimum Gasteiger partial charge on any atom is -0.465 e. The highest BCUT2D eigenvalue weighted by Crippen LogP contribution is 2.32. The van der Waals surface area contributed by atoms with Gasteiger partial charge in [0.15, 0.2) is 0 Å². The molecule has 0 aromatic heterocycles. The zero-order valence-electron chi connectivity index (χ0n) is 30.3. The standard InChI is InChI=1S/C22H38O4.C17H30O3.CH4/c1-15(2)16(3)13-18(23)10-11-20-17(4)14-19(26-20)9-8-12-25-21(24)22(5,6)7;1-12(2)13(3)10-15(19)7-8-17-14(4)11-16(20-17)6-5-9-18;/h16,18-20,23H,1,4,8-14H2,2-3,5-7H3;13,15-19H,1,4-11H2,2-3H3;1H4/t16-,18-,19+,20+;13-,15-,16+,17+;/m11./s1. The molecule has 0 unspecified atom stereocenters. The third-order valence-electron chi connectivity index (χ3n) is 9.26. The van der Waals surface area contributed by atoms with Crippen LogP contribution in [0.15, 0.2) is 48.6 Å². The van der Waals surface area contributed by atoms with Crippen molar-refractivity contribution >= 4 is 5.97 Å². The van der Waals surface area contributed by atoms with Crippen LogP contribution in [0.1, 0.15) is 133 Å². The van der Waals surface area contributed by atoms with Crippen LogP contribution in [0, 0.1) is 17.3 Å². The van der Waals surface area contributed by atoms with E-state index in [2.05, 4.69) is 40.2 Å². The van der Waals surface area contributed by atoms with Gasteiger partial charge in [0, 0.05) is 6.61 Å². The number of aliphatic hydroxyl groups excluding tert-OH is 3. The fraction of sp³-hybridized carbons (Fsp3) is 0.775. The summed E-state index contributed by atoms with van der Waals surface area (Å²) in [6, 6.07) is 0. The Bertz CT molecular complexity index is 964. The van der Waals surface area contributed by atoms with Crippen LogP contribution >= 0.6 is 0 Å². The van der Waals surface area contributed by atoms with Gasteiger partial charge in [-0.3, -0.25) is 4.79 Å². The molecule has 0 bridgehead atoms. The van der Waals surface area contributed by atoms with Crippen LogP contribution in [0.2, 0.25) is 0 Å². The van der Waals surface area contributed by atoms with Gasteiger partial charge in [-0.1, -0.05) is 58.7 Å². The average molecular weight is 665 g/mol. The highest BCUT2D eigenvalue weighted by Gasteiger charge is 2.30.